The van der Waals surface area contributed by atoms with E-state index >= 15 is 0 Å². The third-order valence-corrected chi connectivity index (χ3v) is 3.86. The Kier molecular flexibility index (Phi) is 4.46. The summed E-state index contributed by atoms with van der Waals surface area (Å²) >= 11 is 0. The van der Waals surface area contributed by atoms with Gasteiger partial charge in [0, 0.05) is 11.6 Å². The molecule has 0 saturated carbocycles. The Bertz CT molecular complexity index is 737. The molecule has 1 amide bonds. The number of nitrogens with one attached hydrogen (secondary N) is 1. The Balaban J connectivity index is 1.76. The van der Waals surface area contributed by atoms with Crippen molar-refractivity contribution in [2.75, 3.05) is 21.0 Å². The van der Waals surface area contributed by atoms with Gasteiger partial charge in [0.2, 0.25) is 6.79 Å². The molecule has 0 radical (unpaired) electrons. The van der Waals surface area contributed by atoms with Crippen molar-refractivity contribution in [2.45, 2.75) is 13.0 Å². The van der Waals surface area contributed by atoms with Gasteiger partial charge in [0.05, 0.1) is 20.3 Å². The maximum absolute atomic E-state index is 12.5. The lowest BCUT2D eigenvalue weighted by atomic mass is 10.1. The second-order valence-electron chi connectivity index (χ2n) is 5.41. The quantitative estimate of drug-likeness (QED) is 0.913. The predicted octanol–water partition coefficient (Wildman–Crippen LogP) is 2.92. The topological polar surface area (TPSA) is 66.0 Å². The first kappa shape index (κ1) is 16.0. The minimum absolute atomic E-state index is 0.191. The molecule has 0 fully saturated rings. The summed E-state index contributed by atoms with van der Waals surface area (Å²) in [5.41, 5.74) is 1.40. The van der Waals surface area contributed by atoms with Crippen molar-refractivity contribution < 1.29 is 23.7 Å². The summed E-state index contributed by atoms with van der Waals surface area (Å²) in [4.78, 5) is 12.5. The maximum atomic E-state index is 12.5. The number of carbonyl (C=O) groups is 1. The Hall–Kier alpha value is -2.89. The highest BCUT2D eigenvalue weighted by atomic mass is 16.7. The zero-order chi connectivity index (χ0) is 17.1. The molecule has 1 aliphatic rings. The van der Waals surface area contributed by atoms with Crippen LogP contribution in [0.2, 0.25) is 0 Å². The molecule has 3 rings (SSSR count). The van der Waals surface area contributed by atoms with E-state index in [1.54, 1.807) is 32.4 Å². The monoisotopic (exact) mass is 329 g/mol. The first-order valence-corrected chi connectivity index (χ1v) is 7.54. The van der Waals surface area contributed by atoms with Crippen LogP contribution in [0.15, 0.2) is 36.4 Å². The standard InChI is InChI=1S/C18H19NO5/c1-11(12-4-5-16-17(8-12)24-10-23-16)19-18(20)13-6-14(21-2)9-15(7-13)22-3/h4-9,11H,10H2,1-3H3,(H,19,20). The number of hydrogen-bond acceptors (Lipinski definition) is 5. The van der Waals surface area contributed by atoms with Crippen LogP contribution >= 0.6 is 0 Å². The van der Waals surface area contributed by atoms with Crippen molar-refractivity contribution >= 4 is 5.91 Å². The summed E-state index contributed by atoms with van der Waals surface area (Å²) in [6.07, 6.45) is 0. The second kappa shape index (κ2) is 6.70. The van der Waals surface area contributed by atoms with Crippen LogP contribution in [0.25, 0.3) is 0 Å². The van der Waals surface area contributed by atoms with Gasteiger partial charge in [-0.1, -0.05) is 6.07 Å². The molecule has 2 aromatic carbocycles. The molecule has 126 valence electrons. The first-order chi connectivity index (χ1) is 11.6. The van der Waals surface area contributed by atoms with E-state index in [0.717, 1.165) is 11.3 Å². The Morgan fingerprint density at radius 3 is 2.38 bits per heavy atom. The van der Waals surface area contributed by atoms with Crippen LogP contribution in [0.4, 0.5) is 0 Å². The van der Waals surface area contributed by atoms with Gasteiger partial charge in [0.15, 0.2) is 11.5 Å². The van der Waals surface area contributed by atoms with Gasteiger partial charge in [0.1, 0.15) is 11.5 Å². The number of fused-ring (bicyclic) bond motifs is 1. The number of methoxy groups -OCH3 is 2. The lowest BCUT2D eigenvalue weighted by molar-refractivity contribution is 0.0939. The number of rotatable bonds is 5. The molecule has 1 atom stereocenters. The van der Waals surface area contributed by atoms with Crippen LogP contribution in [-0.4, -0.2) is 26.9 Å². The van der Waals surface area contributed by atoms with E-state index in [0.29, 0.717) is 22.8 Å². The molecule has 0 spiro atoms. The number of benzene rings is 2. The molecule has 6 heteroatoms. The SMILES string of the molecule is COc1cc(OC)cc(C(=O)NC(C)c2ccc3c(c2)OCO3)c1. The molecule has 1 heterocycles. The largest absolute Gasteiger partial charge is 0.497 e. The summed E-state index contributed by atoms with van der Waals surface area (Å²) in [6, 6.07) is 10.5. The van der Waals surface area contributed by atoms with Crippen LogP contribution in [0.1, 0.15) is 28.9 Å². The van der Waals surface area contributed by atoms with E-state index in [2.05, 4.69) is 5.32 Å². The van der Waals surface area contributed by atoms with Gasteiger partial charge in [0.25, 0.3) is 5.91 Å². The fourth-order valence-corrected chi connectivity index (χ4v) is 2.48. The van der Waals surface area contributed by atoms with Crippen molar-refractivity contribution in [2.24, 2.45) is 0 Å². The van der Waals surface area contributed by atoms with E-state index < -0.39 is 0 Å². The van der Waals surface area contributed by atoms with Crippen LogP contribution in [0.5, 0.6) is 23.0 Å². The number of amides is 1. The molecule has 0 aliphatic carbocycles. The van der Waals surface area contributed by atoms with Crippen molar-refractivity contribution in [1.82, 2.24) is 5.32 Å². The van der Waals surface area contributed by atoms with Gasteiger partial charge in [-0.25, -0.2) is 0 Å². The summed E-state index contributed by atoms with van der Waals surface area (Å²) in [6.45, 7) is 2.13. The fourth-order valence-electron chi connectivity index (χ4n) is 2.48. The molecule has 0 bridgehead atoms. The summed E-state index contributed by atoms with van der Waals surface area (Å²) in [5, 5.41) is 2.96. The van der Waals surface area contributed by atoms with Crippen LogP contribution in [-0.2, 0) is 0 Å². The van der Waals surface area contributed by atoms with Gasteiger partial charge in [-0.3, -0.25) is 4.79 Å². The van der Waals surface area contributed by atoms with Crippen LogP contribution in [0, 0.1) is 0 Å². The molecular weight excluding hydrogens is 310 g/mol. The van der Waals surface area contributed by atoms with E-state index in [4.69, 9.17) is 18.9 Å². The second-order valence-corrected chi connectivity index (χ2v) is 5.41. The normalized spacial score (nSPS) is 13.3. The van der Waals surface area contributed by atoms with Crippen molar-refractivity contribution in [1.29, 1.82) is 0 Å². The Labute approximate surface area is 140 Å². The molecule has 2 aromatic rings. The highest BCUT2D eigenvalue weighted by molar-refractivity contribution is 5.95. The minimum atomic E-state index is -0.211. The van der Waals surface area contributed by atoms with Crippen molar-refractivity contribution in [3.05, 3.63) is 47.5 Å². The average Bonchev–Trinajstić information content (AvgIpc) is 3.08. The lowest BCUT2D eigenvalue weighted by Gasteiger charge is -2.16. The molecule has 0 saturated heterocycles. The summed E-state index contributed by atoms with van der Waals surface area (Å²) in [5.74, 6) is 2.33. The fraction of sp³-hybridized carbons (Fsp3) is 0.278. The lowest BCUT2D eigenvalue weighted by Crippen LogP contribution is -2.26. The van der Waals surface area contributed by atoms with Crippen molar-refractivity contribution in [3.63, 3.8) is 0 Å². The maximum Gasteiger partial charge on any atom is 0.252 e. The number of hydrogen-bond donors (Lipinski definition) is 1. The Morgan fingerprint density at radius 1 is 1.04 bits per heavy atom. The first-order valence-electron chi connectivity index (χ1n) is 7.54. The smallest absolute Gasteiger partial charge is 0.252 e. The average molecular weight is 329 g/mol. The van der Waals surface area contributed by atoms with E-state index in [1.165, 1.54) is 0 Å². The van der Waals surface area contributed by atoms with Gasteiger partial charge in [-0.05, 0) is 36.8 Å². The Morgan fingerprint density at radius 2 is 1.71 bits per heavy atom. The van der Waals surface area contributed by atoms with Crippen molar-refractivity contribution in [3.8, 4) is 23.0 Å². The third kappa shape index (κ3) is 3.22. The molecule has 6 nitrogen and oxygen atoms in total. The number of carbonyl (C=O) groups excluding carboxylic acids is 1. The molecular formula is C18H19NO5. The zero-order valence-electron chi connectivity index (χ0n) is 13.8. The predicted molar refractivity (Wildman–Crippen MR) is 88.0 cm³/mol. The molecule has 1 unspecified atom stereocenters. The zero-order valence-corrected chi connectivity index (χ0v) is 13.8. The highest BCUT2D eigenvalue weighted by Crippen LogP contribution is 2.34. The molecule has 0 aromatic heterocycles. The molecule has 1 N–H and O–H groups in total. The third-order valence-electron chi connectivity index (χ3n) is 3.86. The van der Waals surface area contributed by atoms with Crippen LogP contribution < -0.4 is 24.3 Å². The van der Waals surface area contributed by atoms with E-state index in [1.807, 2.05) is 25.1 Å². The van der Waals surface area contributed by atoms with Gasteiger partial charge in [-0.15, -0.1) is 0 Å². The van der Waals surface area contributed by atoms with Gasteiger partial charge in [-0.2, -0.15) is 0 Å². The molecule has 1 aliphatic heterocycles. The summed E-state index contributed by atoms with van der Waals surface area (Å²) in [7, 11) is 3.09. The summed E-state index contributed by atoms with van der Waals surface area (Å²) < 4.78 is 21.1. The van der Waals surface area contributed by atoms with Gasteiger partial charge >= 0.3 is 0 Å². The van der Waals surface area contributed by atoms with E-state index in [-0.39, 0.29) is 18.7 Å². The van der Waals surface area contributed by atoms with Gasteiger partial charge < -0.3 is 24.3 Å². The number of ether oxygens (including phenoxy) is 4. The molecule has 24 heavy (non-hydrogen) atoms. The minimum Gasteiger partial charge on any atom is -0.497 e. The van der Waals surface area contributed by atoms with Crippen LogP contribution in [0.3, 0.4) is 0 Å². The van der Waals surface area contributed by atoms with E-state index in [9.17, 15) is 4.79 Å². The highest BCUT2D eigenvalue weighted by Gasteiger charge is 2.18.